The molecular weight excluding hydrogens is 268 g/mol. The standard InChI is InChI=1S/C20H21N2/c21-13-14-10-17(11-14)18-12-16-8-4-5-9-19(16)22-20(18)15-6-2-1-3-7-15/h1-4,6-9,14,17,22H,10-13,21H2. The van der Waals surface area contributed by atoms with Crippen LogP contribution in [0.3, 0.4) is 0 Å². The first-order valence-corrected chi connectivity index (χ1v) is 8.09. The molecule has 0 atom stereocenters. The minimum absolute atomic E-state index is 0.675. The predicted molar refractivity (Wildman–Crippen MR) is 91.2 cm³/mol. The van der Waals surface area contributed by atoms with E-state index in [0.717, 1.165) is 13.0 Å². The number of benzene rings is 2. The average molecular weight is 289 g/mol. The predicted octanol–water partition coefficient (Wildman–Crippen LogP) is 3.85. The van der Waals surface area contributed by atoms with Gasteiger partial charge in [-0.05, 0) is 66.5 Å². The highest BCUT2D eigenvalue weighted by Gasteiger charge is 2.34. The van der Waals surface area contributed by atoms with Gasteiger partial charge in [0.1, 0.15) is 0 Å². The van der Waals surface area contributed by atoms with Crippen molar-refractivity contribution >= 4 is 11.4 Å². The van der Waals surface area contributed by atoms with E-state index in [9.17, 15) is 0 Å². The van der Waals surface area contributed by atoms with Crippen molar-refractivity contribution in [2.45, 2.75) is 19.3 Å². The fourth-order valence-corrected chi connectivity index (χ4v) is 3.67. The lowest BCUT2D eigenvalue weighted by molar-refractivity contribution is 0.233. The highest BCUT2D eigenvalue weighted by molar-refractivity contribution is 5.83. The zero-order chi connectivity index (χ0) is 14.9. The number of hydrogen-bond donors (Lipinski definition) is 2. The molecule has 0 aromatic heterocycles. The Labute approximate surface area is 132 Å². The number of hydrogen-bond acceptors (Lipinski definition) is 2. The second kappa shape index (κ2) is 5.62. The average Bonchev–Trinajstić information content (AvgIpc) is 2.54. The summed E-state index contributed by atoms with van der Waals surface area (Å²) < 4.78 is 0. The fraction of sp³-hybridized carbons (Fsp3) is 0.300. The summed E-state index contributed by atoms with van der Waals surface area (Å²) in [5.74, 6) is 1.38. The smallest absolute Gasteiger partial charge is 0.0456 e. The van der Waals surface area contributed by atoms with E-state index in [4.69, 9.17) is 5.73 Å². The molecule has 2 aliphatic rings. The first-order chi connectivity index (χ1) is 10.8. The molecule has 0 unspecified atom stereocenters. The van der Waals surface area contributed by atoms with E-state index in [0.29, 0.717) is 11.8 Å². The molecule has 1 radical (unpaired) electrons. The first kappa shape index (κ1) is 13.6. The number of rotatable bonds is 3. The van der Waals surface area contributed by atoms with E-state index in [-0.39, 0.29) is 0 Å². The molecule has 0 amide bonds. The van der Waals surface area contributed by atoms with Crippen molar-refractivity contribution in [3.63, 3.8) is 0 Å². The molecule has 1 heterocycles. The van der Waals surface area contributed by atoms with Crippen LogP contribution in [0.15, 0.2) is 54.1 Å². The summed E-state index contributed by atoms with van der Waals surface area (Å²) in [6.45, 7) is 0.823. The van der Waals surface area contributed by atoms with Gasteiger partial charge in [0.15, 0.2) is 0 Å². The second-order valence-corrected chi connectivity index (χ2v) is 6.42. The molecule has 2 nitrogen and oxygen atoms in total. The van der Waals surface area contributed by atoms with Crippen LogP contribution in [0, 0.1) is 17.9 Å². The van der Waals surface area contributed by atoms with Gasteiger partial charge in [-0.3, -0.25) is 0 Å². The topological polar surface area (TPSA) is 38.0 Å². The van der Waals surface area contributed by atoms with E-state index < -0.39 is 0 Å². The molecule has 2 aromatic carbocycles. The van der Waals surface area contributed by atoms with Gasteiger partial charge in [0, 0.05) is 11.4 Å². The largest absolute Gasteiger partial charge is 0.355 e. The Hall–Kier alpha value is -2.06. The maximum Gasteiger partial charge on any atom is 0.0456 e. The maximum atomic E-state index is 5.81. The molecule has 0 spiro atoms. The van der Waals surface area contributed by atoms with Gasteiger partial charge in [-0.25, -0.2) is 0 Å². The zero-order valence-electron chi connectivity index (χ0n) is 12.7. The van der Waals surface area contributed by atoms with Gasteiger partial charge in [-0.2, -0.15) is 0 Å². The van der Waals surface area contributed by atoms with Crippen LogP contribution in [0.4, 0.5) is 5.69 Å². The first-order valence-electron chi connectivity index (χ1n) is 8.09. The zero-order valence-corrected chi connectivity index (χ0v) is 12.7. The van der Waals surface area contributed by atoms with Gasteiger partial charge in [-0.1, -0.05) is 42.5 Å². The third-order valence-electron chi connectivity index (χ3n) is 5.04. The van der Waals surface area contributed by atoms with Crippen molar-refractivity contribution in [3.05, 3.63) is 71.3 Å². The van der Waals surface area contributed by atoms with Crippen LogP contribution in [0.2, 0.25) is 0 Å². The van der Waals surface area contributed by atoms with Gasteiger partial charge in [0.05, 0.1) is 0 Å². The van der Waals surface area contributed by atoms with E-state index in [1.807, 2.05) is 6.07 Å². The van der Waals surface area contributed by atoms with E-state index in [1.54, 1.807) is 5.57 Å². The van der Waals surface area contributed by atoms with Crippen molar-refractivity contribution < 1.29 is 0 Å². The summed E-state index contributed by atoms with van der Waals surface area (Å²) >= 11 is 0. The van der Waals surface area contributed by atoms with Gasteiger partial charge in [0.25, 0.3) is 0 Å². The number of allylic oxidation sites excluding steroid dienone is 1. The summed E-state index contributed by atoms with van der Waals surface area (Å²) in [7, 11) is 0. The minimum atomic E-state index is 0.675. The Bertz CT molecular complexity index is 697. The Morgan fingerprint density at radius 1 is 1.14 bits per heavy atom. The normalized spacial score (nSPS) is 23.5. The monoisotopic (exact) mass is 289 g/mol. The lowest BCUT2D eigenvalue weighted by Gasteiger charge is -2.39. The van der Waals surface area contributed by atoms with E-state index in [2.05, 4.69) is 53.8 Å². The SMILES string of the molecule is NCC1CC(C2=C(c3ccccc3)Nc3c[c]ccc3C2)C1. The molecule has 3 N–H and O–H groups in total. The molecule has 111 valence electrons. The molecule has 2 aromatic rings. The second-order valence-electron chi connectivity index (χ2n) is 6.42. The van der Waals surface area contributed by atoms with Crippen LogP contribution in [0.25, 0.3) is 5.70 Å². The number of nitrogens with two attached hydrogens (primary N) is 1. The number of fused-ring (bicyclic) bond motifs is 1. The molecule has 1 fully saturated rings. The minimum Gasteiger partial charge on any atom is -0.355 e. The maximum absolute atomic E-state index is 5.81. The number of anilines is 1. The fourth-order valence-electron chi connectivity index (χ4n) is 3.67. The van der Waals surface area contributed by atoms with Crippen LogP contribution in [-0.4, -0.2) is 6.54 Å². The lowest BCUT2D eigenvalue weighted by atomic mass is 9.68. The highest BCUT2D eigenvalue weighted by atomic mass is 14.9. The third kappa shape index (κ3) is 2.34. The molecular formula is C20H21N2. The molecule has 2 heteroatoms. The van der Waals surface area contributed by atoms with Gasteiger partial charge in [0.2, 0.25) is 0 Å². The van der Waals surface area contributed by atoms with Crippen molar-refractivity contribution in [3.8, 4) is 0 Å². The molecule has 0 bridgehead atoms. The summed E-state index contributed by atoms with van der Waals surface area (Å²) in [5.41, 5.74) is 12.5. The Morgan fingerprint density at radius 2 is 1.95 bits per heavy atom. The summed E-state index contributed by atoms with van der Waals surface area (Å²) in [6.07, 6.45) is 3.51. The van der Waals surface area contributed by atoms with Crippen LogP contribution < -0.4 is 11.1 Å². The Kier molecular flexibility index (Phi) is 3.47. The highest BCUT2D eigenvalue weighted by Crippen LogP contribution is 2.45. The van der Waals surface area contributed by atoms with Crippen molar-refractivity contribution in [2.24, 2.45) is 17.6 Å². The van der Waals surface area contributed by atoms with Gasteiger partial charge < -0.3 is 11.1 Å². The van der Waals surface area contributed by atoms with Gasteiger partial charge in [-0.15, -0.1) is 0 Å². The van der Waals surface area contributed by atoms with Crippen molar-refractivity contribution in [1.82, 2.24) is 0 Å². The van der Waals surface area contributed by atoms with Crippen LogP contribution in [-0.2, 0) is 6.42 Å². The lowest BCUT2D eigenvalue weighted by Crippen LogP contribution is -2.33. The Morgan fingerprint density at radius 3 is 2.73 bits per heavy atom. The van der Waals surface area contributed by atoms with Crippen molar-refractivity contribution in [1.29, 1.82) is 0 Å². The molecule has 1 aliphatic heterocycles. The summed E-state index contributed by atoms with van der Waals surface area (Å²) in [6, 6.07) is 20.1. The third-order valence-corrected chi connectivity index (χ3v) is 5.04. The molecule has 1 aliphatic carbocycles. The summed E-state index contributed by atoms with van der Waals surface area (Å²) in [5, 5.41) is 3.66. The van der Waals surface area contributed by atoms with E-state index >= 15 is 0 Å². The van der Waals surface area contributed by atoms with Gasteiger partial charge >= 0.3 is 0 Å². The van der Waals surface area contributed by atoms with Crippen LogP contribution >= 0.6 is 0 Å². The summed E-state index contributed by atoms with van der Waals surface area (Å²) in [4.78, 5) is 0. The van der Waals surface area contributed by atoms with E-state index in [1.165, 1.54) is 35.4 Å². The molecule has 4 rings (SSSR count). The number of nitrogens with one attached hydrogen (secondary N) is 1. The quantitative estimate of drug-likeness (QED) is 0.900. The van der Waals surface area contributed by atoms with Crippen LogP contribution in [0.1, 0.15) is 24.0 Å². The Balaban J connectivity index is 1.73. The molecule has 22 heavy (non-hydrogen) atoms. The van der Waals surface area contributed by atoms with Crippen molar-refractivity contribution in [2.75, 3.05) is 11.9 Å². The molecule has 1 saturated carbocycles. The molecule has 0 saturated heterocycles. The van der Waals surface area contributed by atoms with Crippen LogP contribution in [0.5, 0.6) is 0 Å².